The van der Waals surface area contributed by atoms with Gasteiger partial charge in [0.25, 0.3) is 5.91 Å². The second kappa shape index (κ2) is 5.19. The molecule has 0 aromatic heterocycles. The van der Waals surface area contributed by atoms with E-state index in [0.717, 1.165) is 5.56 Å². The minimum absolute atomic E-state index is 0.0279. The van der Waals surface area contributed by atoms with Crippen molar-refractivity contribution in [3.8, 4) is 5.75 Å². The van der Waals surface area contributed by atoms with Crippen molar-refractivity contribution < 1.29 is 19.7 Å². The third-order valence-electron chi connectivity index (χ3n) is 3.16. The van der Waals surface area contributed by atoms with Gasteiger partial charge < -0.3 is 19.8 Å². The van der Waals surface area contributed by atoms with Gasteiger partial charge in [0, 0.05) is 13.2 Å². The van der Waals surface area contributed by atoms with Crippen LogP contribution < -0.4 is 9.64 Å². The Bertz CT molecular complexity index is 484. The number of fused-ring (bicyclic) bond motifs is 1. The fourth-order valence-corrected chi connectivity index (χ4v) is 2.16. The first-order chi connectivity index (χ1) is 8.99. The minimum Gasteiger partial charge on any atom is -0.476 e. The summed E-state index contributed by atoms with van der Waals surface area (Å²) in [6, 6.07) is 5.29. The van der Waals surface area contributed by atoms with Gasteiger partial charge in [-0.3, -0.25) is 4.79 Å². The number of aliphatic hydroxyl groups is 2. The summed E-state index contributed by atoms with van der Waals surface area (Å²) in [5, 5.41) is 18.1. The van der Waals surface area contributed by atoms with Gasteiger partial charge in [-0.15, -0.1) is 0 Å². The fourth-order valence-electron chi connectivity index (χ4n) is 2.16. The molecule has 0 saturated carbocycles. The largest absolute Gasteiger partial charge is 0.476 e. The summed E-state index contributed by atoms with van der Waals surface area (Å²) in [5.74, 6) is 0.489. The average Bonchev–Trinajstić information content (AvgIpc) is 2.39. The minimum atomic E-state index is -0.914. The molecule has 104 valence electrons. The van der Waals surface area contributed by atoms with Crippen molar-refractivity contribution in [2.75, 3.05) is 18.1 Å². The molecule has 0 bridgehead atoms. The molecule has 5 nitrogen and oxygen atoms in total. The van der Waals surface area contributed by atoms with Crippen LogP contribution in [0.4, 0.5) is 5.69 Å². The second-order valence-corrected chi connectivity index (χ2v) is 5.11. The topological polar surface area (TPSA) is 70.0 Å². The van der Waals surface area contributed by atoms with Crippen molar-refractivity contribution in [3.63, 3.8) is 0 Å². The molecule has 1 aromatic rings. The summed E-state index contributed by atoms with van der Waals surface area (Å²) in [5.41, 5.74) is 0.469. The van der Waals surface area contributed by atoms with Gasteiger partial charge in [0.15, 0.2) is 5.60 Å². The van der Waals surface area contributed by atoms with Crippen LogP contribution in [0.2, 0.25) is 0 Å². The van der Waals surface area contributed by atoms with Crippen LogP contribution in [0.1, 0.15) is 25.8 Å². The summed E-state index contributed by atoms with van der Waals surface area (Å²) in [6.07, 6.45) is 0.505. The lowest BCUT2D eigenvalue weighted by Gasteiger charge is -2.39. The highest BCUT2D eigenvalue weighted by atomic mass is 16.5. The molecule has 0 atom stereocenters. The first kappa shape index (κ1) is 13.8. The number of carbonyl (C=O) groups excluding carboxylic acids is 1. The Hall–Kier alpha value is -1.59. The zero-order valence-corrected chi connectivity index (χ0v) is 11.2. The van der Waals surface area contributed by atoms with E-state index in [1.54, 1.807) is 36.9 Å². The lowest BCUT2D eigenvalue weighted by molar-refractivity contribution is -0.132. The van der Waals surface area contributed by atoms with Gasteiger partial charge in [0.2, 0.25) is 0 Å². The third-order valence-corrected chi connectivity index (χ3v) is 3.16. The van der Waals surface area contributed by atoms with Crippen LogP contribution in [-0.2, 0) is 11.4 Å². The summed E-state index contributed by atoms with van der Waals surface area (Å²) < 4.78 is 5.71. The van der Waals surface area contributed by atoms with Crippen molar-refractivity contribution in [2.24, 2.45) is 0 Å². The highest BCUT2D eigenvalue weighted by Crippen LogP contribution is 2.38. The number of carbonyl (C=O) groups is 1. The molecule has 0 radical (unpaired) electrons. The predicted octanol–water partition coefficient (Wildman–Crippen LogP) is 1.07. The lowest BCUT2D eigenvalue weighted by atomic mass is 10.0. The van der Waals surface area contributed by atoms with Crippen molar-refractivity contribution >= 4 is 11.6 Å². The summed E-state index contributed by atoms with van der Waals surface area (Å²) in [4.78, 5) is 14.0. The fraction of sp³-hybridized carbons (Fsp3) is 0.500. The molecule has 0 aliphatic carbocycles. The highest BCUT2D eigenvalue weighted by molar-refractivity contribution is 6.02. The van der Waals surface area contributed by atoms with E-state index in [9.17, 15) is 9.90 Å². The van der Waals surface area contributed by atoms with Gasteiger partial charge >= 0.3 is 0 Å². The smallest absolute Gasteiger partial charge is 0.270 e. The Morgan fingerprint density at radius 3 is 2.68 bits per heavy atom. The maximum atomic E-state index is 12.4. The molecule has 1 aliphatic heterocycles. The van der Waals surface area contributed by atoms with E-state index >= 15 is 0 Å². The maximum absolute atomic E-state index is 12.4. The molecule has 2 rings (SSSR count). The molecule has 1 aliphatic rings. The van der Waals surface area contributed by atoms with Gasteiger partial charge in [-0.1, -0.05) is 6.07 Å². The van der Waals surface area contributed by atoms with E-state index in [2.05, 4.69) is 0 Å². The molecule has 19 heavy (non-hydrogen) atoms. The van der Waals surface area contributed by atoms with Crippen molar-refractivity contribution in [2.45, 2.75) is 32.5 Å². The predicted molar refractivity (Wildman–Crippen MR) is 71.1 cm³/mol. The average molecular weight is 265 g/mol. The summed E-state index contributed by atoms with van der Waals surface area (Å²) in [7, 11) is 0. The van der Waals surface area contributed by atoms with Crippen LogP contribution in [0.25, 0.3) is 0 Å². The molecule has 2 N–H and O–H groups in total. The molecule has 0 fully saturated rings. The van der Waals surface area contributed by atoms with Crippen LogP contribution in [-0.4, -0.2) is 34.9 Å². The molecule has 0 spiro atoms. The quantitative estimate of drug-likeness (QED) is 0.854. The number of benzene rings is 1. The van der Waals surface area contributed by atoms with Crippen molar-refractivity contribution in [3.05, 3.63) is 23.8 Å². The maximum Gasteiger partial charge on any atom is 0.270 e. The first-order valence-electron chi connectivity index (χ1n) is 6.35. The SMILES string of the molecule is CC1(C)Oc2ccc(CO)cc2N(CCCO)C1=O. The number of hydrogen-bond acceptors (Lipinski definition) is 4. The molecular weight excluding hydrogens is 246 g/mol. The van der Waals surface area contributed by atoms with E-state index < -0.39 is 5.60 Å². The van der Waals surface area contributed by atoms with Crippen LogP contribution in [0.5, 0.6) is 5.75 Å². The van der Waals surface area contributed by atoms with Gasteiger partial charge in [-0.2, -0.15) is 0 Å². The Labute approximate surface area is 112 Å². The number of rotatable bonds is 4. The van der Waals surface area contributed by atoms with Crippen LogP contribution in [0.15, 0.2) is 18.2 Å². The molecule has 5 heteroatoms. The van der Waals surface area contributed by atoms with Crippen LogP contribution in [0, 0.1) is 0 Å². The summed E-state index contributed by atoms with van der Waals surface area (Å²) >= 11 is 0. The van der Waals surface area contributed by atoms with Gasteiger partial charge in [0.1, 0.15) is 5.75 Å². The van der Waals surface area contributed by atoms with Crippen molar-refractivity contribution in [1.29, 1.82) is 0 Å². The number of nitrogens with zero attached hydrogens (tertiary/aromatic N) is 1. The molecule has 0 unspecified atom stereocenters. The molecule has 0 saturated heterocycles. The van der Waals surface area contributed by atoms with Gasteiger partial charge in [-0.25, -0.2) is 0 Å². The monoisotopic (exact) mass is 265 g/mol. The van der Waals surface area contributed by atoms with E-state index in [1.807, 2.05) is 0 Å². The molecular formula is C14H19NO4. The van der Waals surface area contributed by atoms with Gasteiger partial charge in [-0.05, 0) is 38.0 Å². The number of aliphatic hydroxyl groups excluding tert-OH is 2. The van der Waals surface area contributed by atoms with Crippen LogP contribution in [0.3, 0.4) is 0 Å². The number of ether oxygens (including phenoxy) is 1. The molecule has 1 heterocycles. The summed E-state index contributed by atoms with van der Waals surface area (Å²) in [6.45, 7) is 3.83. The first-order valence-corrected chi connectivity index (χ1v) is 6.35. The van der Waals surface area contributed by atoms with E-state index in [-0.39, 0.29) is 19.1 Å². The van der Waals surface area contributed by atoms with Crippen molar-refractivity contribution in [1.82, 2.24) is 0 Å². The van der Waals surface area contributed by atoms with E-state index in [1.165, 1.54) is 0 Å². The second-order valence-electron chi connectivity index (χ2n) is 5.11. The zero-order valence-electron chi connectivity index (χ0n) is 11.2. The Balaban J connectivity index is 2.43. The third kappa shape index (κ3) is 2.57. The molecule has 1 aromatic carbocycles. The van der Waals surface area contributed by atoms with Gasteiger partial charge in [0.05, 0.1) is 12.3 Å². The number of anilines is 1. The Morgan fingerprint density at radius 2 is 2.05 bits per heavy atom. The number of hydrogen-bond donors (Lipinski definition) is 2. The Kier molecular flexibility index (Phi) is 3.78. The number of amides is 1. The zero-order chi connectivity index (χ0) is 14.0. The highest BCUT2D eigenvalue weighted by Gasteiger charge is 2.40. The van der Waals surface area contributed by atoms with Crippen LogP contribution >= 0.6 is 0 Å². The standard InChI is InChI=1S/C14H19NO4/c1-14(2)13(18)15(6-3-7-16)11-8-10(9-17)4-5-12(11)19-14/h4-5,8,16-17H,3,6-7,9H2,1-2H3. The molecule has 1 amide bonds. The van der Waals surface area contributed by atoms with E-state index in [0.29, 0.717) is 24.4 Å². The van der Waals surface area contributed by atoms with E-state index in [4.69, 9.17) is 9.84 Å². The Morgan fingerprint density at radius 1 is 1.32 bits per heavy atom. The lowest BCUT2D eigenvalue weighted by Crippen LogP contribution is -2.52. The normalized spacial score (nSPS) is 17.1.